The van der Waals surface area contributed by atoms with E-state index in [-0.39, 0.29) is 17.1 Å². The summed E-state index contributed by atoms with van der Waals surface area (Å²) in [4.78, 5) is 32.6. The number of fused-ring (bicyclic) bond motifs is 2. The van der Waals surface area contributed by atoms with E-state index in [1.807, 2.05) is 43.3 Å². The highest BCUT2D eigenvalue weighted by molar-refractivity contribution is 5.99. The Bertz CT molecular complexity index is 1310. The Balaban J connectivity index is 1.68. The molecule has 0 saturated heterocycles. The smallest absolute Gasteiger partial charge is 0.291 e. The number of carbonyl (C=O) groups is 1. The minimum atomic E-state index is -0.549. The molecule has 3 heterocycles. The van der Waals surface area contributed by atoms with E-state index in [0.29, 0.717) is 29.7 Å². The molecular formula is C25H20N2O4. The number of hydrogen-bond donors (Lipinski definition) is 0. The van der Waals surface area contributed by atoms with Crippen LogP contribution < -0.4 is 10.2 Å². The molecule has 31 heavy (non-hydrogen) atoms. The first-order valence-electron chi connectivity index (χ1n) is 10.2. The molecule has 5 rings (SSSR count). The minimum absolute atomic E-state index is 0.108. The lowest BCUT2D eigenvalue weighted by atomic mass is 9.98. The average molecular weight is 412 g/mol. The van der Waals surface area contributed by atoms with Crippen molar-refractivity contribution >= 4 is 16.9 Å². The van der Waals surface area contributed by atoms with E-state index in [1.165, 1.54) is 0 Å². The molecule has 0 fully saturated rings. The number of benzene rings is 2. The van der Waals surface area contributed by atoms with E-state index in [1.54, 1.807) is 41.6 Å². The van der Waals surface area contributed by atoms with Gasteiger partial charge in [0.1, 0.15) is 11.3 Å². The Morgan fingerprint density at radius 2 is 1.74 bits per heavy atom. The number of nitrogens with zero attached hydrogens (tertiary/aromatic N) is 2. The second-order valence-corrected chi connectivity index (χ2v) is 7.36. The lowest BCUT2D eigenvalue weighted by Crippen LogP contribution is -2.29. The maximum Gasteiger partial charge on any atom is 0.291 e. The van der Waals surface area contributed by atoms with Gasteiger partial charge in [-0.2, -0.15) is 0 Å². The Kier molecular flexibility index (Phi) is 4.75. The molecule has 2 aromatic heterocycles. The quantitative estimate of drug-likeness (QED) is 0.488. The summed E-state index contributed by atoms with van der Waals surface area (Å²) in [5.74, 6) is 0.548. The highest BCUT2D eigenvalue weighted by Gasteiger charge is 2.42. The van der Waals surface area contributed by atoms with E-state index in [9.17, 15) is 9.59 Å². The van der Waals surface area contributed by atoms with Crippen molar-refractivity contribution in [3.05, 3.63) is 106 Å². The first kappa shape index (κ1) is 19.1. The average Bonchev–Trinajstić information content (AvgIpc) is 3.07. The number of hydrogen-bond acceptors (Lipinski definition) is 5. The van der Waals surface area contributed by atoms with Crippen molar-refractivity contribution < 1.29 is 13.9 Å². The van der Waals surface area contributed by atoms with Gasteiger partial charge in [0.2, 0.25) is 5.76 Å². The van der Waals surface area contributed by atoms with Crippen LogP contribution in [0.3, 0.4) is 0 Å². The van der Waals surface area contributed by atoms with Gasteiger partial charge in [0.25, 0.3) is 5.91 Å². The van der Waals surface area contributed by atoms with Crippen molar-refractivity contribution in [3.63, 3.8) is 0 Å². The largest absolute Gasteiger partial charge is 0.494 e. The van der Waals surface area contributed by atoms with E-state index in [0.717, 1.165) is 16.9 Å². The molecule has 1 aliphatic rings. The second kappa shape index (κ2) is 7.72. The SMILES string of the molecule is CCOc1ccc([C@@H]2c3c(oc4ccccc4c3=O)C(=O)N2Cc2ccncc2)cc1. The molecule has 1 atom stereocenters. The maximum atomic E-state index is 13.4. The summed E-state index contributed by atoms with van der Waals surface area (Å²) in [7, 11) is 0. The van der Waals surface area contributed by atoms with Crippen LogP contribution in [0.4, 0.5) is 0 Å². The summed E-state index contributed by atoms with van der Waals surface area (Å²) in [6.45, 7) is 2.82. The first-order valence-corrected chi connectivity index (χ1v) is 10.2. The fraction of sp³-hybridized carbons (Fsp3) is 0.160. The van der Waals surface area contributed by atoms with Gasteiger partial charge in [0, 0.05) is 18.9 Å². The van der Waals surface area contributed by atoms with Gasteiger partial charge in [-0.15, -0.1) is 0 Å². The third-order valence-electron chi connectivity index (χ3n) is 5.48. The van der Waals surface area contributed by atoms with Crippen molar-refractivity contribution in [2.24, 2.45) is 0 Å². The van der Waals surface area contributed by atoms with Gasteiger partial charge < -0.3 is 14.1 Å². The van der Waals surface area contributed by atoms with Crippen LogP contribution in [0.25, 0.3) is 11.0 Å². The topological polar surface area (TPSA) is 72.6 Å². The zero-order valence-electron chi connectivity index (χ0n) is 16.9. The molecular weight excluding hydrogens is 392 g/mol. The molecule has 4 aromatic rings. The van der Waals surface area contributed by atoms with Crippen molar-refractivity contribution in [2.45, 2.75) is 19.5 Å². The van der Waals surface area contributed by atoms with Gasteiger partial charge in [-0.05, 0) is 54.4 Å². The van der Waals surface area contributed by atoms with Crippen LogP contribution in [-0.2, 0) is 6.54 Å². The summed E-state index contributed by atoms with van der Waals surface area (Å²) in [5.41, 5.74) is 2.36. The van der Waals surface area contributed by atoms with Crippen molar-refractivity contribution in [2.75, 3.05) is 6.61 Å². The number of carbonyl (C=O) groups excluding carboxylic acids is 1. The standard InChI is InChI=1S/C25H20N2O4/c1-2-30-18-9-7-17(8-10-18)22-21-23(28)19-5-3-4-6-20(19)31-24(21)25(29)27(22)15-16-11-13-26-14-12-16/h3-14,22H,2,15H2,1H3/t22-/m1/s1. The third-order valence-corrected chi connectivity index (χ3v) is 5.48. The number of rotatable bonds is 5. The molecule has 6 nitrogen and oxygen atoms in total. The van der Waals surface area contributed by atoms with Crippen LogP contribution in [0.15, 0.2) is 82.3 Å². The summed E-state index contributed by atoms with van der Waals surface area (Å²) >= 11 is 0. The Hall–Kier alpha value is -3.93. The normalized spacial score (nSPS) is 15.3. The molecule has 2 aromatic carbocycles. The number of amides is 1. The number of ether oxygens (including phenoxy) is 1. The van der Waals surface area contributed by atoms with E-state index in [2.05, 4.69) is 4.98 Å². The molecule has 1 amide bonds. The van der Waals surface area contributed by atoms with Gasteiger partial charge in [-0.3, -0.25) is 14.6 Å². The molecule has 0 radical (unpaired) electrons. The van der Waals surface area contributed by atoms with Crippen molar-refractivity contribution in [3.8, 4) is 5.75 Å². The highest BCUT2D eigenvalue weighted by Crippen LogP contribution is 2.39. The summed E-state index contributed by atoms with van der Waals surface area (Å²) in [5, 5.41) is 0.468. The molecule has 0 saturated carbocycles. The Labute approximate surface area is 178 Å². The van der Waals surface area contributed by atoms with Crippen LogP contribution in [0.5, 0.6) is 5.75 Å². The molecule has 0 spiro atoms. The highest BCUT2D eigenvalue weighted by atomic mass is 16.5. The molecule has 6 heteroatoms. The zero-order chi connectivity index (χ0) is 21.4. The predicted molar refractivity (Wildman–Crippen MR) is 116 cm³/mol. The number of aromatic nitrogens is 1. The fourth-order valence-corrected chi connectivity index (χ4v) is 4.07. The molecule has 0 unspecified atom stereocenters. The minimum Gasteiger partial charge on any atom is -0.494 e. The van der Waals surface area contributed by atoms with Gasteiger partial charge in [-0.1, -0.05) is 24.3 Å². The molecule has 0 bridgehead atoms. The molecule has 154 valence electrons. The van der Waals surface area contributed by atoms with Gasteiger partial charge >= 0.3 is 0 Å². The Morgan fingerprint density at radius 3 is 2.48 bits per heavy atom. The number of pyridine rings is 1. The van der Waals surface area contributed by atoms with Crippen LogP contribution >= 0.6 is 0 Å². The van der Waals surface area contributed by atoms with E-state index >= 15 is 0 Å². The maximum absolute atomic E-state index is 13.4. The van der Waals surface area contributed by atoms with Crippen LogP contribution in [0.1, 0.15) is 40.2 Å². The van der Waals surface area contributed by atoms with Gasteiger partial charge in [0.05, 0.1) is 23.6 Å². The van der Waals surface area contributed by atoms with Crippen molar-refractivity contribution in [1.29, 1.82) is 0 Å². The van der Waals surface area contributed by atoms with Crippen LogP contribution in [-0.4, -0.2) is 22.4 Å². The Morgan fingerprint density at radius 1 is 1.00 bits per heavy atom. The number of para-hydroxylation sites is 1. The molecule has 0 N–H and O–H groups in total. The van der Waals surface area contributed by atoms with Crippen LogP contribution in [0.2, 0.25) is 0 Å². The van der Waals surface area contributed by atoms with Gasteiger partial charge in [0.15, 0.2) is 5.43 Å². The van der Waals surface area contributed by atoms with E-state index in [4.69, 9.17) is 9.15 Å². The summed E-state index contributed by atoms with van der Waals surface area (Å²) in [6.07, 6.45) is 3.37. The lowest BCUT2D eigenvalue weighted by molar-refractivity contribution is 0.0714. The molecule has 0 aliphatic carbocycles. The first-order chi connectivity index (χ1) is 15.2. The zero-order valence-corrected chi connectivity index (χ0v) is 16.9. The van der Waals surface area contributed by atoms with Crippen molar-refractivity contribution in [1.82, 2.24) is 9.88 Å². The third kappa shape index (κ3) is 3.26. The second-order valence-electron chi connectivity index (χ2n) is 7.36. The fourth-order valence-electron chi connectivity index (χ4n) is 4.07. The summed E-state index contributed by atoms with van der Waals surface area (Å²) in [6, 6.07) is 17.7. The van der Waals surface area contributed by atoms with Crippen LogP contribution in [0, 0.1) is 0 Å². The lowest BCUT2D eigenvalue weighted by Gasteiger charge is -2.25. The van der Waals surface area contributed by atoms with Gasteiger partial charge in [-0.25, -0.2) is 0 Å². The monoisotopic (exact) mass is 412 g/mol. The summed E-state index contributed by atoms with van der Waals surface area (Å²) < 4.78 is 11.5. The molecule has 1 aliphatic heterocycles. The predicted octanol–water partition coefficient (Wildman–Crippen LogP) is 4.33. The van der Waals surface area contributed by atoms with E-state index < -0.39 is 6.04 Å².